The highest BCUT2D eigenvalue weighted by molar-refractivity contribution is 8.01. The molecule has 1 aliphatic heterocycles. The Balaban J connectivity index is 2.88. The number of nitrogens with zero attached hydrogens (tertiary/aromatic N) is 2. The van der Waals surface area contributed by atoms with Gasteiger partial charge in [-0.25, -0.2) is 8.42 Å². The second-order valence-corrected chi connectivity index (χ2v) is 7.00. The molecule has 7 heteroatoms. The van der Waals surface area contributed by atoms with Gasteiger partial charge in [-0.15, -0.1) is 0 Å². The van der Waals surface area contributed by atoms with Gasteiger partial charge in [0.25, 0.3) is 0 Å². The van der Waals surface area contributed by atoms with Crippen molar-refractivity contribution in [3.05, 3.63) is 0 Å². The maximum Gasteiger partial charge on any atom is 0.237 e. The Morgan fingerprint density at radius 1 is 1.62 bits per heavy atom. The molecule has 1 fully saturated rings. The number of carbonyl (C=O) groups is 1. The number of sulfone groups is 1. The maximum absolute atomic E-state index is 11.8. The Morgan fingerprint density at radius 2 is 2.31 bits per heavy atom. The van der Waals surface area contributed by atoms with E-state index in [-0.39, 0.29) is 18.1 Å². The summed E-state index contributed by atoms with van der Waals surface area (Å²) in [7, 11) is -3.26. The van der Waals surface area contributed by atoms with E-state index >= 15 is 0 Å². The third-order valence-electron chi connectivity index (χ3n) is 2.45. The first kappa shape index (κ1) is 13.3. The van der Waals surface area contributed by atoms with Gasteiger partial charge in [0.2, 0.25) is 5.91 Å². The van der Waals surface area contributed by atoms with E-state index in [1.807, 2.05) is 0 Å². The number of nitriles is 1. The SMILES string of the molecule is CCS(=O)(=O)C1CSCCN1C(=O)CC#N. The minimum Gasteiger partial charge on any atom is -0.323 e. The quantitative estimate of drug-likeness (QED) is 0.728. The molecule has 1 atom stereocenters. The van der Waals surface area contributed by atoms with Crippen molar-refractivity contribution in [3.63, 3.8) is 0 Å². The molecule has 0 aromatic carbocycles. The Morgan fingerprint density at radius 3 is 2.88 bits per heavy atom. The molecule has 1 heterocycles. The average molecular weight is 262 g/mol. The van der Waals surface area contributed by atoms with Gasteiger partial charge >= 0.3 is 0 Å². The summed E-state index contributed by atoms with van der Waals surface area (Å²) in [6, 6.07) is 1.76. The van der Waals surface area contributed by atoms with Gasteiger partial charge in [0.15, 0.2) is 9.84 Å². The van der Waals surface area contributed by atoms with Crippen molar-refractivity contribution in [1.29, 1.82) is 5.26 Å². The predicted octanol–water partition coefficient (Wildman–Crippen LogP) is 0.236. The molecule has 1 rings (SSSR count). The molecule has 0 bridgehead atoms. The molecule has 1 aliphatic rings. The molecule has 0 spiro atoms. The number of hydrogen-bond acceptors (Lipinski definition) is 5. The number of amides is 1. The smallest absolute Gasteiger partial charge is 0.237 e. The van der Waals surface area contributed by atoms with Gasteiger partial charge in [-0.1, -0.05) is 6.92 Å². The zero-order valence-electron chi connectivity index (χ0n) is 9.05. The van der Waals surface area contributed by atoms with Crippen molar-refractivity contribution in [1.82, 2.24) is 4.90 Å². The van der Waals surface area contributed by atoms with Crippen molar-refractivity contribution < 1.29 is 13.2 Å². The van der Waals surface area contributed by atoms with E-state index < -0.39 is 15.2 Å². The van der Waals surface area contributed by atoms with E-state index in [9.17, 15) is 13.2 Å². The summed E-state index contributed by atoms with van der Waals surface area (Å²) in [5.74, 6) is 0.777. The lowest BCUT2D eigenvalue weighted by Crippen LogP contribution is -2.50. The second-order valence-electron chi connectivity index (χ2n) is 3.40. The van der Waals surface area contributed by atoms with E-state index in [0.29, 0.717) is 12.3 Å². The van der Waals surface area contributed by atoms with Crippen LogP contribution in [-0.2, 0) is 14.6 Å². The fraction of sp³-hybridized carbons (Fsp3) is 0.778. The number of rotatable bonds is 3. The molecule has 1 amide bonds. The second kappa shape index (κ2) is 5.55. The first-order valence-corrected chi connectivity index (χ1v) is 7.85. The minimum absolute atomic E-state index is 0.0224. The third kappa shape index (κ3) is 2.89. The Kier molecular flexibility index (Phi) is 4.62. The highest BCUT2D eigenvalue weighted by atomic mass is 32.2. The van der Waals surface area contributed by atoms with E-state index in [2.05, 4.69) is 0 Å². The Hall–Kier alpha value is -0.740. The van der Waals surface area contributed by atoms with Gasteiger partial charge in [0, 0.05) is 23.8 Å². The van der Waals surface area contributed by atoms with Gasteiger partial charge in [-0.05, 0) is 0 Å². The van der Waals surface area contributed by atoms with Crippen LogP contribution >= 0.6 is 11.8 Å². The molecule has 0 saturated carbocycles. The Labute approximate surface area is 99.7 Å². The van der Waals surface area contributed by atoms with Crippen LogP contribution < -0.4 is 0 Å². The normalized spacial score (nSPS) is 21.5. The number of hydrogen-bond donors (Lipinski definition) is 0. The topological polar surface area (TPSA) is 78.2 Å². The minimum atomic E-state index is -3.26. The van der Waals surface area contributed by atoms with Crippen LogP contribution in [0, 0.1) is 11.3 Å². The fourth-order valence-electron chi connectivity index (χ4n) is 1.53. The summed E-state index contributed by atoms with van der Waals surface area (Å²) in [6.45, 7) is 1.98. The summed E-state index contributed by atoms with van der Waals surface area (Å²) in [6.07, 6.45) is -0.250. The van der Waals surface area contributed by atoms with Crippen molar-refractivity contribution in [3.8, 4) is 6.07 Å². The van der Waals surface area contributed by atoms with Crippen LogP contribution in [0.1, 0.15) is 13.3 Å². The molecule has 0 aromatic heterocycles. The summed E-state index contributed by atoms with van der Waals surface area (Å²) >= 11 is 1.53. The summed E-state index contributed by atoms with van der Waals surface area (Å²) in [4.78, 5) is 12.9. The highest BCUT2D eigenvalue weighted by Gasteiger charge is 2.35. The van der Waals surface area contributed by atoms with Crippen molar-refractivity contribution in [2.75, 3.05) is 23.8 Å². The standard InChI is InChI=1S/C9H14N2O3S2/c1-2-16(13,14)9-7-15-6-5-11(9)8(12)3-4-10/h9H,2-3,5-7H2,1H3. The zero-order chi connectivity index (χ0) is 12.2. The maximum atomic E-state index is 11.8. The van der Waals surface area contributed by atoms with Crippen molar-refractivity contribution in [2.45, 2.75) is 18.7 Å². The van der Waals surface area contributed by atoms with Gasteiger partial charge < -0.3 is 4.90 Å². The lowest BCUT2D eigenvalue weighted by atomic mass is 10.3. The first-order valence-electron chi connectivity index (χ1n) is 4.98. The number of carbonyl (C=O) groups excluding carboxylic acids is 1. The Bertz CT molecular complexity index is 399. The summed E-state index contributed by atoms with van der Waals surface area (Å²) in [5.41, 5.74) is 0. The van der Waals surface area contributed by atoms with Gasteiger partial charge in [0.05, 0.1) is 6.07 Å². The van der Waals surface area contributed by atoms with Crippen LogP contribution in [0.5, 0.6) is 0 Å². The lowest BCUT2D eigenvalue weighted by molar-refractivity contribution is -0.130. The number of thioether (sulfide) groups is 1. The molecular formula is C9H14N2O3S2. The predicted molar refractivity (Wildman–Crippen MR) is 62.5 cm³/mol. The van der Waals surface area contributed by atoms with E-state index in [0.717, 1.165) is 5.75 Å². The third-order valence-corrected chi connectivity index (χ3v) is 5.74. The molecule has 0 N–H and O–H groups in total. The highest BCUT2D eigenvalue weighted by Crippen LogP contribution is 2.21. The summed E-state index contributed by atoms with van der Waals surface area (Å²) < 4.78 is 23.6. The molecule has 0 radical (unpaired) electrons. The van der Waals surface area contributed by atoms with Crippen LogP contribution in [0.3, 0.4) is 0 Å². The van der Waals surface area contributed by atoms with Crippen LogP contribution in [0.25, 0.3) is 0 Å². The average Bonchev–Trinajstić information content (AvgIpc) is 2.29. The molecule has 1 saturated heterocycles. The largest absolute Gasteiger partial charge is 0.323 e. The van der Waals surface area contributed by atoms with E-state index in [1.165, 1.54) is 16.7 Å². The molecule has 0 aromatic rings. The van der Waals surface area contributed by atoms with Crippen LogP contribution in [0.2, 0.25) is 0 Å². The summed E-state index contributed by atoms with van der Waals surface area (Å²) in [5, 5.41) is 7.71. The molecule has 1 unspecified atom stereocenters. The lowest BCUT2D eigenvalue weighted by Gasteiger charge is -2.34. The molecule has 0 aliphatic carbocycles. The monoisotopic (exact) mass is 262 g/mol. The van der Waals surface area contributed by atoms with E-state index in [4.69, 9.17) is 5.26 Å². The fourth-order valence-corrected chi connectivity index (χ4v) is 4.51. The van der Waals surface area contributed by atoms with Crippen molar-refractivity contribution in [2.24, 2.45) is 0 Å². The molecular weight excluding hydrogens is 248 g/mol. The van der Waals surface area contributed by atoms with Gasteiger partial charge in [-0.3, -0.25) is 4.79 Å². The van der Waals surface area contributed by atoms with Crippen molar-refractivity contribution >= 4 is 27.5 Å². The zero-order valence-corrected chi connectivity index (χ0v) is 10.7. The van der Waals surface area contributed by atoms with Gasteiger partial charge in [0.1, 0.15) is 11.8 Å². The van der Waals surface area contributed by atoms with Crippen LogP contribution in [-0.4, -0.2) is 48.4 Å². The molecule has 5 nitrogen and oxygen atoms in total. The molecule has 16 heavy (non-hydrogen) atoms. The van der Waals surface area contributed by atoms with Crippen LogP contribution in [0.4, 0.5) is 0 Å². The van der Waals surface area contributed by atoms with Gasteiger partial charge in [-0.2, -0.15) is 17.0 Å². The molecule has 90 valence electrons. The first-order chi connectivity index (χ1) is 7.53. The van der Waals surface area contributed by atoms with Crippen LogP contribution in [0.15, 0.2) is 0 Å². The van der Waals surface area contributed by atoms with E-state index in [1.54, 1.807) is 13.0 Å².